The SMILES string of the molecule is C[Si]1(C)c2cc(-c3ccccc3-c3ccccc3-c3nc(-c4ccccc4)c4c(n3)sc3ccccc34)ccc2-c2cc3c(cc21)C1(c2ccccc2-3)C2CC3CC(C2)CC1C3. The van der Waals surface area contributed by atoms with Crippen LogP contribution in [0.1, 0.15) is 43.2 Å². The van der Waals surface area contributed by atoms with Crippen molar-refractivity contribution in [3.8, 4) is 67.2 Å². The number of aromatic nitrogens is 2. The number of hydrogen-bond acceptors (Lipinski definition) is 3. The predicted molar refractivity (Wildman–Crippen MR) is 262 cm³/mol. The minimum absolute atomic E-state index is 0.193. The molecule has 0 amide bonds. The molecule has 2 aromatic heterocycles. The summed E-state index contributed by atoms with van der Waals surface area (Å²) in [7, 11) is -2.07. The molecule has 2 nitrogen and oxygen atoms in total. The Labute approximate surface area is 368 Å². The van der Waals surface area contributed by atoms with Gasteiger partial charge in [0, 0.05) is 32.0 Å². The third kappa shape index (κ3) is 4.75. The Kier molecular flexibility index (Phi) is 7.36. The van der Waals surface area contributed by atoms with E-state index in [9.17, 15) is 0 Å². The van der Waals surface area contributed by atoms with E-state index in [2.05, 4.69) is 171 Å². The lowest BCUT2D eigenvalue weighted by Gasteiger charge is -2.61. The molecule has 62 heavy (non-hydrogen) atoms. The molecular formula is C58H46N2SSi. The third-order valence-electron chi connectivity index (χ3n) is 16.3. The molecule has 0 atom stereocenters. The van der Waals surface area contributed by atoms with Gasteiger partial charge in [0.05, 0.1) is 5.69 Å². The average molecular weight is 831 g/mol. The monoisotopic (exact) mass is 830 g/mol. The summed E-state index contributed by atoms with van der Waals surface area (Å²) >= 11 is 1.76. The Bertz CT molecular complexity index is 3330. The highest BCUT2D eigenvalue weighted by atomic mass is 32.1. The Morgan fingerprint density at radius 3 is 1.89 bits per heavy atom. The van der Waals surface area contributed by atoms with Crippen molar-refractivity contribution in [2.24, 2.45) is 23.7 Å². The second-order valence-electron chi connectivity index (χ2n) is 19.7. The van der Waals surface area contributed by atoms with E-state index >= 15 is 0 Å². The van der Waals surface area contributed by atoms with Crippen molar-refractivity contribution in [3.05, 3.63) is 169 Å². The van der Waals surface area contributed by atoms with Gasteiger partial charge < -0.3 is 0 Å². The number of rotatable bonds is 4. The summed E-state index contributed by atoms with van der Waals surface area (Å²) in [6.45, 7) is 5.24. The molecular weight excluding hydrogens is 785 g/mol. The molecule has 15 rings (SSSR count). The van der Waals surface area contributed by atoms with E-state index in [1.165, 1.54) is 81.1 Å². The fraction of sp³-hybridized carbons (Fsp3) is 0.207. The molecule has 3 heterocycles. The van der Waals surface area contributed by atoms with Gasteiger partial charge in [-0.3, -0.25) is 0 Å². The van der Waals surface area contributed by atoms with Crippen LogP contribution in [-0.4, -0.2) is 18.0 Å². The maximum absolute atomic E-state index is 5.44. The number of benzene rings is 7. The van der Waals surface area contributed by atoms with Crippen LogP contribution in [0, 0.1) is 23.7 Å². The Hall–Kier alpha value is -5.94. The van der Waals surface area contributed by atoms with Gasteiger partial charge in [-0.1, -0.05) is 159 Å². The van der Waals surface area contributed by atoms with Crippen LogP contribution in [0.3, 0.4) is 0 Å². The lowest BCUT2D eigenvalue weighted by Crippen LogP contribution is -2.56. The lowest BCUT2D eigenvalue weighted by atomic mass is 9.43. The smallest absolute Gasteiger partial charge is 0.162 e. The molecule has 4 heteroatoms. The molecule has 0 radical (unpaired) electrons. The standard InChI is InChI=1S/C58H46N2SSi/c1-62(2)52-31-37(24-25-44(52)48-32-47-43-19-10-12-22-49(43)58(50(47)33-53(48)62)38-27-34-26-35(29-38)30-39(58)28-34)40-16-6-7-17-41(40)42-18-8-9-20-45(42)56-59-55(36-14-4-3-5-15-36)54-46-21-11-13-23-51(46)61-57(54)60-56/h3-25,31-35,38-39H,26-30H2,1-2H3. The van der Waals surface area contributed by atoms with Crippen molar-refractivity contribution in [2.45, 2.75) is 50.6 Å². The minimum Gasteiger partial charge on any atom is -0.227 e. The minimum atomic E-state index is -2.07. The van der Waals surface area contributed by atoms with Gasteiger partial charge in [-0.05, 0) is 134 Å². The van der Waals surface area contributed by atoms with Crippen LogP contribution in [0.5, 0.6) is 0 Å². The zero-order valence-electron chi connectivity index (χ0n) is 35.2. The summed E-state index contributed by atoms with van der Waals surface area (Å²) in [4.78, 5) is 11.8. The first kappa shape index (κ1) is 35.6. The van der Waals surface area contributed by atoms with E-state index in [0.717, 1.165) is 62.1 Å². The molecule has 4 fully saturated rings. The first-order valence-corrected chi connectivity index (χ1v) is 26.6. The van der Waals surface area contributed by atoms with E-state index in [1.54, 1.807) is 32.8 Å². The average Bonchev–Trinajstić information content (AvgIpc) is 3.90. The fourth-order valence-electron chi connectivity index (χ4n) is 14.0. The second kappa shape index (κ2) is 12.8. The maximum Gasteiger partial charge on any atom is 0.162 e. The van der Waals surface area contributed by atoms with Crippen molar-refractivity contribution in [1.29, 1.82) is 0 Å². The molecule has 1 aliphatic heterocycles. The van der Waals surface area contributed by atoms with Crippen molar-refractivity contribution in [2.75, 3.05) is 0 Å². The molecule has 4 saturated carbocycles. The highest BCUT2D eigenvalue weighted by Crippen LogP contribution is 2.69. The molecule has 1 spiro atoms. The summed E-state index contributed by atoms with van der Waals surface area (Å²) in [5, 5.41) is 5.55. The van der Waals surface area contributed by atoms with Gasteiger partial charge in [0.15, 0.2) is 5.82 Å². The van der Waals surface area contributed by atoms with Crippen molar-refractivity contribution in [1.82, 2.24) is 9.97 Å². The Balaban J connectivity index is 0.903. The van der Waals surface area contributed by atoms with Gasteiger partial charge in [-0.15, -0.1) is 11.3 Å². The number of nitrogens with zero attached hydrogens (tertiary/aromatic N) is 2. The van der Waals surface area contributed by atoms with Crippen molar-refractivity contribution >= 4 is 50.1 Å². The highest BCUT2D eigenvalue weighted by Gasteiger charge is 2.62. The predicted octanol–water partition coefficient (Wildman–Crippen LogP) is 14.0. The van der Waals surface area contributed by atoms with Gasteiger partial charge in [0.25, 0.3) is 0 Å². The van der Waals surface area contributed by atoms with Crippen molar-refractivity contribution in [3.63, 3.8) is 0 Å². The first-order valence-electron chi connectivity index (χ1n) is 22.8. The summed E-state index contributed by atoms with van der Waals surface area (Å²) < 4.78 is 1.23. The lowest BCUT2D eigenvalue weighted by molar-refractivity contribution is -0.0399. The van der Waals surface area contributed by atoms with Crippen LogP contribution >= 0.6 is 11.3 Å². The molecule has 6 aliphatic rings. The fourth-order valence-corrected chi connectivity index (χ4v) is 18.1. The van der Waals surface area contributed by atoms with Gasteiger partial charge in [-0.2, -0.15) is 0 Å². The Morgan fingerprint density at radius 2 is 1.11 bits per heavy atom. The zero-order valence-corrected chi connectivity index (χ0v) is 37.0. The van der Waals surface area contributed by atoms with E-state index in [4.69, 9.17) is 9.97 Å². The van der Waals surface area contributed by atoms with Gasteiger partial charge >= 0.3 is 0 Å². The second-order valence-corrected chi connectivity index (χ2v) is 25.0. The molecule has 5 aliphatic carbocycles. The first-order chi connectivity index (χ1) is 30.4. The number of fused-ring (bicyclic) bond motifs is 9. The normalized spacial score (nSPS) is 23.2. The van der Waals surface area contributed by atoms with Crippen LogP contribution in [0.2, 0.25) is 13.1 Å². The number of hydrogen-bond donors (Lipinski definition) is 0. The number of thiophene rings is 1. The molecule has 298 valence electrons. The van der Waals surface area contributed by atoms with Gasteiger partial charge in [-0.25, -0.2) is 9.97 Å². The van der Waals surface area contributed by atoms with E-state index in [0.29, 0.717) is 0 Å². The molecule has 0 unspecified atom stereocenters. The zero-order chi connectivity index (χ0) is 40.9. The summed E-state index contributed by atoms with van der Waals surface area (Å²) in [5.41, 5.74) is 17.5. The molecule has 4 bridgehead atoms. The molecule has 0 N–H and O–H groups in total. The molecule has 9 aromatic rings. The highest BCUT2D eigenvalue weighted by molar-refractivity contribution is 7.25. The van der Waals surface area contributed by atoms with E-state index in [1.807, 2.05) is 0 Å². The van der Waals surface area contributed by atoms with Crippen LogP contribution in [0.4, 0.5) is 0 Å². The maximum atomic E-state index is 5.44. The topological polar surface area (TPSA) is 25.8 Å². The van der Waals surface area contributed by atoms with Crippen LogP contribution < -0.4 is 10.4 Å². The van der Waals surface area contributed by atoms with Crippen LogP contribution in [-0.2, 0) is 5.41 Å². The summed E-state index contributed by atoms with van der Waals surface area (Å²) in [5.74, 6) is 4.21. The molecule has 0 saturated heterocycles. The summed E-state index contributed by atoms with van der Waals surface area (Å²) in [6, 6.07) is 59.5. The van der Waals surface area contributed by atoms with Crippen molar-refractivity contribution < 1.29 is 0 Å². The van der Waals surface area contributed by atoms with E-state index in [-0.39, 0.29) is 5.41 Å². The van der Waals surface area contributed by atoms with Crippen LogP contribution in [0.15, 0.2) is 158 Å². The third-order valence-corrected chi connectivity index (χ3v) is 20.9. The largest absolute Gasteiger partial charge is 0.227 e. The van der Waals surface area contributed by atoms with E-state index < -0.39 is 8.07 Å². The van der Waals surface area contributed by atoms with Crippen LogP contribution in [0.25, 0.3) is 87.5 Å². The quantitative estimate of drug-likeness (QED) is 0.165. The Morgan fingerprint density at radius 1 is 0.484 bits per heavy atom. The summed E-state index contributed by atoms with van der Waals surface area (Å²) in [6.07, 6.45) is 7.17. The van der Waals surface area contributed by atoms with Gasteiger partial charge in [0.1, 0.15) is 12.9 Å². The van der Waals surface area contributed by atoms with Gasteiger partial charge in [0.2, 0.25) is 0 Å². The molecule has 7 aromatic carbocycles.